The summed E-state index contributed by atoms with van der Waals surface area (Å²) in [6, 6.07) is 4.32. The summed E-state index contributed by atoms with van der Waals surface area (Å²) in [6.07, 6.45) is 2.03. The Morgan fingerprint density at radius 2 is 2.29 bits per heavy atom. The maximum atomic E-state index is 6.00. The van der Waals surface area contributed by atoms with Gasteiger partial charge in [-0.1, -0.05) is 6.07 Å². The van der Waals surface area contributed by atoms with Crippen LogP contribution in [0, 0.1) is 0 Å². The van der Waals surface area contributed by atoms with E-state index in [0.29, 0.717) is 0 Å². The smallest absolute Gasteiger partial charge is 0.0401 e. The summed E-state index contributed by atoms with van der Waals surface area (Å²) in [5.74, 6) is 0. The Bertz CT molecular complexity index is 223. The molecule has 1 atom stereocenters. The minimum absolute atomic E-state index is 0.181. The lowest BCUT2D eigenvalue weighted by Crippen LogP contribution is -2.23. The Labute approximate surface area is 89.5 Å². The number of nitrogens with two attached hydrogens (primary N) is 2. The molecule has 4 heteroatoms. The van der Waals surface area contributed by atoms with Gasteiger partial charge in [-0.05, 0) is 43.9 Å². The van der Waals surface area contributed by atoms with Crippen LogP contribution < -0.4 is 16.8 Å². The molecule has 0 spiro atoms. The largest absolute Gasteiger partial charge is 0.330 e. The van der Waals surface area contributed by atoms with Gasteiger partial charge in [-0.15, -0.1) is 11.3 Å². The normalized spacial score (nSPS) is 13.0. The first kappa shape index (κ1) is 11.7. The fourth-order valence-corrected chi connectivity index (χ4v) is 2.02. The predicted octanol–water partition coefficient (Wildman–Crippen LogP) is 1.08. The first-order valence-corrected chi connectivity index (χ1v) is 5.92. The van der Waals surface area contributed by atoms with Crippen molar-refractivity contribution in [3.8, 4) is 0 Å². The van der Waals surface area contributed by atoms with Crippen LogP contribution in [0.5, 0.6) is 0 Å². The van der Waals surface area contributed by atoms with E-state index in [-0.39, 0.29) is 6.04 Å². The highest BCUT2D eigenvalue weighted by atomic mass is 32.1. The van der Waals surface area contributed by atoms with Crippen molar-refractivity contribution >= 4 is 11.3 Å². The summed E-state index contributed by atoms with van der Waals surface area (Å²) in [5, 5.41) is 5.39. The third-order valence-corrected chi connectivity index (χ3v) is 3.10. The lowest BCUT2D eigenvalue weighted by Gasteiger charge is -2.09. The molecule has 0 aliphatic heterocycles. The Kier molecular flexibility index (Phi) is 5.78. The first-order chi connectivity index (χ1) is 6.84. The minimum atomic E-state index is 0.181. The molecule has 0 bridgehead atoms. The molecule has 14 heavy (non-hydrogen) atoms. The van der Waals surface area contributed by atoms with Gasteiger partial charge in [0.2, 0.25) is 0 Å². The summed E-state index contributed by atoms with van der Waals surface area (Å²) >= 11 is 1.73. The van der Waals surface area contributed by atoms with Crippen molar-refractivity contribution in [2.45, 2.75) is 18.9 Å². The van der Waals surface area contributed by atoms with Crippen molar-refractivity contribution in [1.82, 2.24) is 5.32 Å². The molecule has 0 amide bonds. The van der Waals surface area contributed by atoms with E-state index in [9.17, 15) is 0 Å². The van der Waals surface area contributed by atoms with Crippen molar-refractivity contribution in [1.29, 1.82) is 0 Å². The van der Waals surface area contributed by atoms with E-state index in [1.54, 1.807) is 11.3 Å². The topological polar surface area (TPSA) is 64.1 Å². The summed E-state index contributed by atoms with van der Waals surface area (Å²) in [4.78, 5) is 1.27. The first-order valence-electron chi connectivity index (χ1n) is 5.04. The highest BCUT2D eigenvalue weighted by Crippen LogP contribution is 2.18. The lowest BCUT2D eigenvalue weighted by atomic mass is 10.2. The van der Waals surface area contributed by atoms with Gasteiger partial charge in [-0.25, -0.2) is 0 Å². The molecule has 1 aromatic heterocycles. The van der Waals surface area contributed by atoms with Crippen LogP contribution in [-0.4, -0.2) is 19.6 Å². The van der Waals surface area contributed by atoms with Crippen molar-refractivity contribution in [3.63, 3.8) is 0 Å². The van der Waals surface area contributed by atoms with Crippen LogP contribution in [0.2, 0.25) is 0 Å². The van der Waals surface area contributed by atoms with Crippen LogP contribution >= 0.6 is 11.3 Å². The van der Waals surface area contributed by atoms with Gasteiger partial charge in [-0.2, -0.15) is 0 Å². The number of hydrogen-bond acceptors (Lipinski definition) is 4. The Morgan fingerprint density at radius 3 is 2.93 bits per heavy atom. The average Bonchev–Trinajstić information content (AvgIpc) is 2.70. The number of nitrogens with one attached hydrogen (secondary N) is 1. The van der Waals surface area contributed by atoms with Gasteiger partial charge >= 0.3 is 0 Å². The molecule has 1 aromatic rings. The molecule has 1 heterocycles. The Balaban J connectivity index is 2.07. The zero-order chi connectivity index (χ0) is 10.2. The lowest BCUT2D eigenvalue weighted by molar-refractivity contribution is 0.576. The fourth-order valence-electron chi connectivity index (χ4n) is 1.25. The molecule has 80 valence electrons. The predicted molar refractivity (Wildman–Crippen MR) is 62.4 cm³/mol. The number of thiophene rings is 1. The van der Waals surface area contributed by atoms with E-state index >= 15 is 0 Å². The van der Waals surface area contributed by atoms with E-state index in [1.807, 2.05) is 6.07 Å². The summed E-state index contributed by atoms with van der Waals surface area (Å²) in [6.45, 7) is 2.72. The zero-order valence-electron chi connectivity index (χ0n) is 8.41. The molecule has 1 unspecified atom stereocenters. The van der Waals surface area contributed by atoms with E-state index in [0.717, 1.165) is 32.5 Å². The average molecular weight is 213 g/mol. The maximum Gasteiger partial charge on any atom is 0.0401 e. The number of rotatable bonds is 7. The molecular weight excluding hydrogens is 194 g/mol. The van der Waals surface area contributed by atoms with Crippen molar-refractivity contribution in [3.05, 3.63) is 22.4 Å². The Hall–Kier alpha value is -0.420. The molecule has 5 N–H and O–H groups in total. The molecule has 0 fully saturated rings. The molecule has 0 aromatic carbocycles. The second kappa shape index (κ2) is 6.95. The van der Waals surface area contributed by atoms with Crippen molar-refractivity contribution in [2.24, 2.45) is 11.5 Å². The number of hydrogen-bond donors (Lipinski definition) is 3. The van der Waals surface area contributed by atoms with E-state index < -0.39 is 0 Å². The highest BCUT2D eigenvalue weighted by molar-refractivity contribution is 7.10. The standard InChI is InChI=1S/C10H19N3S/c11-5-2-6-13-7-4-9(12)10-3-1-8-14-10/h1,3,8-9,13H,2,4-7,11-12H2. The van der Waals surface area contributed by atoms with Crippen LogP contribution in [0.25, 0.3) is 0 Å². The third-order valence-electron chi connectivity index (χ3n) is 2.10. The molecule has 3 nitrogen and oxygen atoms in total. The highest BCUT2D eigenvalue weighted by Gasteiger charge is 2.05. The van der Waals surface area contributed by atoms with Crippen LogP contribution in [0.15, 0.2) is 17.5 Å². The van der Waals surface area contributed by atoms with Crippen LogP contribution in [0.3, 0.4) is 0 Å². The molecule has 1 rings (SSSR count). The van der Waals surface area contributed by atoms with Crippen LogP contribution in [0.1, 0.15) is 23.8 Å². The summed E-state index contributed by atoms with van der Waals surface area (Å²) < 4.78 is 0. The Morgan fingerprint density at radius 1 is 1.43 bits per heavy atom. The zero-order valence-corrected chi connectivity index (χ0v) is 9.22. The summed E-state index contributed by atoms with van der Waals surface area (Å²) in [5.41, 5.74) is 11.4. The fraction of sp³-hybridized carbons (Fsp3) is 0.600. The SMILES string of the molecule is NCCCNCCC(N)c1cccs1. The van der Waals surface area contributed by atoms with E-state index in [4.69, 9.17) is 11.5 Å². The molecular formula is C10H19N3S. The van der Waals surface area contributed by atoms with Crippen LogP contribution in [-0.2, 0) is 0 Å². The van der Waals surface area contributed by atoms with Crippen molar-refractivity contribution in [2.75, 3.05) is 19.6 Å². The minimum Gasteiger partial charge on any atom is -0.330 e. The van der Waals surface area contributed by atoms with Gasteiger partial charge < -0.3 is 16.8 Å². The van der Waals surface area contributed by atoms with Gasteiger partial charge in [0.15, 0.2) is 0 Å². The quantitative estimate of drug-likeness (QED) is 0.594. The van der Waals surface area contributed by atoms with Gasteiger partial charge in [-0.3, -0.25) is 0 Å². The monoisotopic (exact) mass is 213 g/mol. The van der Waals surface area contributed by atoms with Crippen molar-refractivity contribution < 1.29 is 0 Å². The molecule has 0 aliphatic carbocycles. The second-order valence-corrected chi connectivity index (χ2v) is 4.28. The molecule has 0 saturated heterocycles. The van der Waals surface area contributed by atoms with Gasteiger partial charge in [0, 0.05) is 10.9 Å². The van der Waals surface area contributed by atoms with Gasteiger partial charge in [0.05, 0.1) is 0 Å². The van der Waals surface area contributed by atoms with Gasteiger partial charge in [0.1, 0.15) is 0 Å². The van der Waals surface area contributed by atoms with Crippen LogP contribution in [0.4, 0.5) is 0 Å². The maximum absolute atomic E-state index is 6.00. The summed E-state index contributed by atoms with van der Waals surface area (Å²) in [7, 11) is 0. The molecule has 0 aliphatic rings. The molecule has 0 radical (unpaired) electrons. The third kappa shape index (κ3) is 4.19. The molecule has 0 saturated carbocycles. The van der Waals surface area contributed by atoms with Gasteiger partial charge in [0.25, 0.3) is 0 Å². The second-order valence-electron chi connectivity index (χ2n) is 3.30. The van der Waals surface area contributed by atoms with E-state index in [1.165, 1.54) is 4.88 Å². The van der Waals surface area contributed by atoms with E-state index in [2.05, 4.69) is 16.8 Å².